The summed E-state index contributed by atoms with van der Waals surface area (Å²) in [6.45, 7) is 0. The molecular weight excluding hydrogens is 321 g/mol. The van der Waals surface area contributed by atoms with E-state index < -0.39 is 23.6 Å². The predicted octanol–water partition coefficient (Wildman–Crippen LogP) is 3.87. The number of carbonyl (C=O) groups is 2. The molecule has 0 unspecified atom stereocenters. The predicted molar refractivity (Wildman–Crippen MR) is 84.3 cm³/mol. The van der Waals surface area contributed by atoms with Gasteiger partial charge in [0.15, 0.2) is 0 Å². The van der Waals surface area contributed by atoms with Gasteiger partial charge < -0.3 is 10.6 Å². The molecule has 132 valence electrons. The van der Waals surface area contributed by atoms with Gasteiger partial charge in [-0.1, -0.05) is 38.2 Å². The van der Waals surface area contributed by atoms with Gasteiger partial charge in [-0.25, -0.2) is 0 Å². The molecule has 1 aliphatic rings. The van der Waals surface area contributed by atoms with Gasteiger partial charge in [-0.2, -0.15) is 13.2 Å². The lowest BCUT2D eigenvalue weighted by molar-refractivity contribution is -0.137. The van der Waals surface area contributed by atoms with Gasteiger partial charge in [0.25, 0.3) is 0 Å². The molecule has 1 saturated carbocycles. The van der Waals surface area contributed by atoms with Crippen LogP contribution >= 0.6 is 0 Å². The van der Waals surface area contributed by atoms with Crippen LogP contribution in [0.3, 0.4) is 0 Å². The van der Waals surface area contributed by atoms with Crippen LogP contribution in [0.4, 0.5) is 18.9 Å². The largest absolute Gasteiger partial charge is 0.416 e. The van der Waals surface area contributed by atoms with Crippen molar-refractivity contribution in [3.63, 3.8) is 0 Å². The Labute approximate surface area is 138 Å². The molecule has 1 aromatic carbocycles. The first-order chi connectivity index (χ1) is 11.4. The molecule has 0 atom stereocenters. The highest BCUT2D eigenvalue weighted by atomic mass is 19.4. The van der Waals surface area contributed by atoms with E-state index in [2.05, 4.69) is 10.6 Å². The van der Waals surface area contributed by atoms with Crippen LogP contribution in [-0.2, 0) is 15.8 Å². The van der Waals surface area contributed by atoms with Crippen molar-refractivity contribution in [3.8, 4) is 0 Å². The summed E-state index contributed by atoms with van der Waals surface area (Å²) in [6.07, 6.45) is 2.57. The zero-order chi connectivity index (χ0) is 17.6. The van der Waals surface area contributed by atoms with Crippen molar-refractivity contribution in [1.29, 1.82) is 0 Å². The minimum Gasteiger partial charge on any atom is -0.345 e. The Balaban J connectivity index is 1.92. The molecule has 2 amide bonds. The summed E-state index contributed by atoms with van der Waals surface area (Å²) in [6, 6.07) is 4.16. The summed E-state index contributed by atoms with van der Waals surface area (Å²) < 4.78 is 38.0. The minimum atomic E-state index is -4.50. The van der Waals surface area contributed by atoms with Crippen LogP contribution in [0.2, 0.25) is 0 Å². The molecule has 0 heterocycles. The van der Waals surface area contributed by atoms with E-state index in [0.717, 1.165) is 50.7 Å². The Kier molecular flexibility index (Phi) is 6.23. The molecule has 0 aliphatic heterocycles. The van der Waals surface area contributed by atoms with Crippen molar-refractivity contribution < 1.29 is 22.8 Å². The summed E-state index contributed by atoms with van der Waals surface area (Å²) in [7, 11) is 0. The first-order valence-electron chi connectivity index (χ1n) is 8.15. The van der Waals surface area contributed by atoms with Crippen molar-refractivity contribution in [1.82, 2.24) is 5.32 Å². The van der Waals surface area contributed by atoms with Crippen LogP contribution in [-0.4, -0.2) is 17.9 Å². The Morgan fingerprint density at radius 3 is 2.21 bits per heavy atom. The van der Waals surface area contributed by atoms with E-state index in [1.54, 1.807) is 0 Å². The molecule has 0 aromatic heterocycles. The number of nitrogens with one attached hydrogen (secondary N) is 2. The standard InChI is InChI=1S/C17H21F3N2O2/c18-17(19,20)12-7-6-10-14(11-12)22-16(24)15(23)21-13-8-4-2-1-3-5-9-13/h6-7,10-11,13H,1-5,8-9H2,(H,21,23)(H,22,24). The Bertz CT molecular complexity index is 579. The average molecular weight is 342 g/mol. The van der Waals surface area contributed by atoms with Crippen molar-refractivity contribution in [2.24, 2.45) is 0 Å². The second kappa shape index (κ2) is 8.17. The maximum Gasteiger partial charge on any atom is 0.416 e. The molecule has 1 aromatic rings. The number of amides is 2. The summed E-state index contributed by atoms with van der Waals surface area (Å²) in [5.41, 5.74) is -0.927. The highest BCUT2D eigenvalue weighted by Crippen LogP contribution is 2.30. The van der Waals surface area contributed by atoms with Crippen molar-refractivity contribution in [2.75, 3.05) is 5.32 Å². The highest BCUT2D eigenvalue weighted by Gasteiger charge is 2.30. The fourth-order valence-electron chi connectivity index (χ4n) is 2.81. The molecule has 4 nitrogen and oxygen atoms in total. The van der Waals surface area contributed by atoms with E-state index in [-0.39, 0.29) is 11.7 Å². The van der Waals surface area contributed by atoms with Gasteiger partial charge in [-0.3, -0.25) is 9.59 Å². The van der Waals surface area contributed by atoms with Crippen LogP contribution < -0.4 is 10.6 Å². The number of halogens is 3. The molecular formula is C17H21F3N2O2. The minimum absolute atomic E-state index is 0.0509. The number of hydrogen-bond acceptors (Lipinski definition) is 2. The average Bonchev–Trinajstić information content (AvgIpc) is 2.49. The number of rotatable bonds is 2. The third-order valence-corrected chi connectivity index (χ3v) is 4.09. The maximum absolute atomic E-state index is 12.7. The third kappa shape index (κ3) is 5.54. The van der Waals surface area contributed by atoms with Gasteiger partial charge >= 0.3 is 18.0 Å². The van der Waals surface area contributed by atoms with Gasteiger partial charge in [0.1, 0.15) is 0 Å². The molecule has 2 N–H and O–H groups in total. The lowest BCUT2D eigenvalue weighted by atomic mass is 9.97. The molecule has 0 saturated heterocycles. The second-order valence-electron chi connectivity index (χ2n) is 6.05. The van der Waals surface area contributed by atoms with E-state index in [1.165, 1.54) is 18.6 Å². The number of anilines is 1. The van der Waals surface area contributed by atoms with Crippen LogP contribution in [0.15, 0.2) is 24.3 Å². The molecule has 0 spiro atoms. The van der Waals surface area contributed by atoms with E-state index in [4.69, 9.17) is 0 Å². The highest BCUT2D eigenvalue weighted by molar-refractivity contribution is 6.39. The molecule has 7 heteroatoms. The molecule has 1 fully saturated rings. The normalized spacial score (nSPS) is 16.8. The number of carbonyl (C=O) groups excluding carboxylic acids is 2. The van der Waals surface area contributed by atoms with Gasteiger partial charge in [-0.15, -0.1) is 0 Å². The van der Waals surface area contributed by atoms with Crippen molar-refractivity contribution >= 4 is 17.5 Å². The fourth-order valence-corrected chi connectivity index (χ4v) is 2.81. The first-order valence-corrected chi connectivity index (χ1v) is 8.15. The van der Waals surface area contributed by atoms with Gasteiger partial charge in [0, 0.05) is 11.7 Å². The third-order valence-electron chi connectivity index (χ3n) is 4.09. The molecule has 2 rings (SSSR count). The van der Waals surface area contributed by atoms with E-state index >= 15 is 0 Å². The maximum atomic E-state index is 12.7. The van der Waals surface area contributed by atoms with E-state index in [9.17, 15) is 22.8 Å². The molecule has 1 aliphatic carbocycles. The van der Waals surface area contributed by atoms with Gasteiger partial charge in [0.05, 0.1) is 5.56 Å². The molecule has 0 radical (unpaired) electrons. The van der Waals surface area contributed by atoms with Crippen molar-refractivity contribution in [2.45, 2.75) is 57.2 Å². The van der Waals surface area contributed by atoms with Gasteiger partial charge in [0.2, 0.25) is 0 Å². The monoisotopic (exact) mass is 342 g/mol. The zero-order valence-corrected chi connectivity index (χ0v) is 13.3. The quantitative estimate of drug-likeness (QED) is 0.802. The lowest BCUT2D eigenvalue weighted by Crippen LogP contribution is -2.42. The molecule has 0 bridgehead atoms. The Hall–Kier alpha value is -2.05. The van der Waals surface area contributed by atoms with Crippen LogP contribution in [0, 0.1) is 0 Å². The number of benzene rings is 1. The summed E-state index contributed by atoms with van der Waals surface area (Å²) in [5.74, 6) is -1.76. The smallest absolute Gasteiger partial charge is 0.345 e. The topological polar surface area (TPSA) is 58.2 Å². The van der Waals surface area contributed by atoms with Crippen LogP contribution in [0.25, 0.3) is 0 Å². The second-order valence-corrected chi connectivity index (χ2v) is 6.05. The SMILES string of the molecule is O=C(Nc1cccc(C(F)(F)F)c1)C(=O)NC1CCCCCCC1. The summed E-state index contributed by atoms with van der Waals surface area (Å²) >= 11 is 0. The van der Waals surface area contributed by atoms with Crippen LogP contribution in [0.1, 0.15) is 50.5 Å². The number of hydrogen-bond donors (Lipinski definition) is 2. The lowest BCUT2D eigenvalue weighted by Gasteiger charge is -2.20. The fraction of sp³-hybridized carbons (Fsp3) is 0.529. The van der Waals surface area contributed by atoms with E-state index in [1.807, 2.05) is 0 Å². The Morgan fingerprint density at radius 1 is 0.958 bits per heavy atom. The number of alkyl halides is 3. The Morgan fingerprint density at radius 2 is 1.58 bits per heavy atom. The van der Waals surface area contributed by atoms with E-state index in [0.29, 0.717) is 0 Å². The molecule has 24 heavy (non-hydrogen) atoms. The van der Waals surface area contributed by atoms with Crippen LogP contribution in [0.5, 0.6) is 0 Å². The summed E-state index contributed by atoms with van der Waals surface area (Å²) in [5, 5.41) is 4.90. The van der Waals surface area contributed by atoms with Gasteiger partial charge in [-0.05, 0) is 31.0 Å². The zero-order valence-electron chi connectivity index (χ0n) is 13.3. The first kappa shape index (κ1) is 18.3. The van der Waals surface area contributed by atoms with Crippen molar-refractivity contribution in [3.05, 3.63) is 29.8 Å². The summed E-state index contributed by atoms with van der Waals surface area (Å²) in [4.78, 5) is 23.8.